The maximum atomic E-state index is 12.3. The van der Waals surface area contributed by atoms with Crippen molar-refractivity contribution in [1.29, 1.82) is 0 Å². The largest absolute Gasteiger partial charge is 0.496 e. The molecule has 1 N–H and O–H groups in total. The fourth-order valence-corrected chi connectivity index (χ4v) is 3.16. The maximum absolute atomic E-state index is 12.3. The van der Waals surface area contributed by atoms with Crippen molar-refractivity contribution >= 4 is 17.2 Å². The summed E-state index contributed by atoms with van der Waals surface area (Å²) in [6, 6.07) is 10.8. The van der Waals surface area contributed by atoms with Crippen LogP contribution in [0.4, 0.5) is 0 Å². The summed E-state index contributed by atoms with van der Waals surface area (Å²) in [5.74, 6) is 1.12. The Morgan fingerprint density at radius 2 is 2.13 bits per heavy atom. The number of amides is 1. The van der Waals surface area contributed by atoms with Gasteiger partial charge in [-0.25, -0.2) is 4.98 Å². The molecule has 0 saturated heterocycles. The van der Waals surface area contributed by atoms with Gasteiger partial charge in [0.2, 0.25) is 0 Å². The Hall–Kier alpha value is -2.60. The molecule has 0 aliphatic carbocycles. The van der Waals surface area contributed by atoms with E-state index in [2.05, 4.69) is 10.3 Å². The number of rotatable bonds is 5. The van der Waals surface area contributed by atoms with Crippen LogP contribution in [0.3, 0.4) is 0 Å². The number of furan rings is 1. The molecule has 6 heteroatoms. The maximum Gasteiger partial charge on any atom is 0.255 e. The van der Waals surface area contributed by atoms with Crippen LogP contribution in [-0.4, -0.2) is 18.0 Å². The van der Waals surface area contributed by atoms with Crippen molar-refractivity contribution in [3.8, 4) is 16.5 Å². The number of methoxy groups -OCH3 is 1. The van der Waals surface area contributed by atoms with Gasteiger partial charge in [-0.2, -0.15) is 0 Å². The molecule has 2 aromatic heterocycles. The zero-order valence-corrected chi connectivity index (χ0v) is 13.6. The highest BCUT2D eigenvalue weighted by molar-refractivity contribution is 7.15. The smallest absolute Gasteiger partial charge is 0.255 e. The Bertz CT molecular complexity index is 809. The number of nitrogens with one attached hydrogen (secondary N) is 1. The van der Waals surface area contributed by atoms with Gasteiger partial charge in [0.1, 0.15) is 5.75 Å². The summed E-state index contributed by atoms with van der Waals surface area (Å²) >= 11 is 1.51. The van der Waals surface area contributed by atoms with Gasteiger partial charge in [0.05, 0.1) is 31.2 Å². The van der Waals surface area contributed by atoms with E-state index in [1.807, 2.05) is 31.2 Å². The highest BCUT2D eigenvalue weighted by Gasteiger charge is 2.14. The Labute approximate surface area is 137 Å². The number of aryl methyl sites for hydroxylation is 1. The number of para-hydroxylation sites is 1. The van der Waals surface area contributed by atoms with Crippen LogP contribution in [0.25, 0.3) is 10.8 Å². The molecule has 0 bridgehead atoms. The Kier molecular flexibility index (Phi) is 4.43. The Morgan fingerprint density at radius 3 is 2.87 bits per heavy atom. The van der Waals surface area contributed by atoms with Gasteiger partial charge in [-0.1, -0.05) is 12.1 Å². The SMILES string of the molecule is COc1ccccc1C(=O)NCc1sc(-c2ccco2)nc1C. The van der Waals surface area contributed by atoms with Gasteiger partial charge in [0, 0.05) is 4.88 Å². The van der Waals surface area contributed by atoms with Crippen LogP contribution >= 0.6 is 11.3 Å². The highest BCUT2D eigenvalue weighted by Crippen LogP contribution is 2.28. The molecule has 3 aromatic rings. The third-order valence-electron chi connectivity index (χ3n) is 3.39. The van der Waals surface area contributed by atoms with E-state index in [1.165, 1.54) is 11.3 Å². The number of ether oxygens (including phenoxy) is 1. The second kappa shape index (κ2) is 6.66. The van der Waals surface area contributed by atoms with E-state index in [-0.39, 0.29) is 5.91 Å². The average Bonchev–Trinajstić information content (AvgIpc) is 3.22. The van der Waals surface area contributed by atoms with Gasteiger partial charge in [-0.15, -0.1) is 11.3 Å². The summed E-state index contributed by atoms with van der Waals surface area (Å²) in [5.41, 5.74) is 1.41. The Morgan fingerprint density at radius 1 is 1.30 bits per heavy atom. The van der Waals surface area contributed by atoms with Crippen molar-refractivity contribution in [1.82, 2.24) is 10.3 Å². The fourth-order valence-electron chi connectivity index (χ4n) is 2.19. The first-order chi connectivity index (χ1) is 11.2. The normalized spacial score (nSPS) is 10.5. The average molecular weight is 328 g/mol. The van der Waals surface area contributed by atoms with E-state index >= 15 is 0 Å². The lowest BCUT2D eigenvalue weighted by molar-refractivity contribution is 0.0948. The summed E-state index contributed by atoms with van der Waals surface area (Å²) in [6.45, 7) is 2.34. The molecule has 0 aliphatic heterocycles. The van der Waals surface area contributed by atoms with Gasteiger partial charge in [0.25, 0.3) is 5.91 Å². The summed E-state index contributed by atoms with van der Waals surface area (Å²) in [5, 5.41) is 3.72. The van der Waals surface area contributed by atoms with Gasteiger partial charge < -0.3 is 14.5 Å². The molecule has 3 rings (SSSR count). The van der Waals surface area contributed by atoms with E-state index in [4.69, 9.17) is 9.15 Å². The number of thiazole rings is 1. The van der Waals surface area contributed by atoms with Gasteiger partial charge in [0.15, 0.2) is 10.8 Å². The standard InChI is InChI=1S/C17H16N2O3S/c1-11-15(23-17(19-11)14-8-5-9-22-14)10-18-16(20)12-6-3-4-7-13(12)21-2/h3-9H,10H2,1-2H3,(H,18,20). The second-order valence-corrected chi connectivity index (χ2v) is 5.97. The molecular weight excluding hydrogens is 312 g/mol. The van der Waals surface area contributed by atoms with Crippen LogP contribution in [0, 0.1) is 6.92 Å². The van der Waals surface area contributed by atoms with E-state index in [0.29, 0.717) is 17.9 Å². The molecule has 0 radical (unpaired) electrons. The van der Waals surface area contributed by atoms with Crippen LogP contribution < -0.4 is 10.1 Å². The first kappa shape index (κ1) is 15.3. The van der Waals surface area contributed by atoms with Crippen LogP contribution in [0.15, 0.2) is 47.1 Å². The minimum Gasteiger partial charge on any atom is -0.496 e. The second-order valence-electron chi connectivity index (χ2n) is 4.89. The predicted molar refractivity (Wildman–Crippen MR) is 88.7 cm³/mol. The highest BCUT2D eigenvalue weighted by atomic mass is 32.1. The van der Waals surface area contributed by atoms with Crippen LogP contribution in [-0.2, 0) is 6.54 Å². The molecule has 0 atom stereocenters. The van der Waals surface area contributed by atoms with Crippen molar-refractivity contribution < 1.29 is 13.9 Å². The molecule has 0 saturated carbocycles. The molecule has 23 heavy (non-hydrogen) atoms. The molecule has 5 nitrogen and oxygen atoms in total. The van der Waals surface area contributed by atoms with Crippen LogP contribution in [0.5, 0.6) is 5.75 Å². The lowest BCUT2D eigenvalue weighted by atomic mass is 10.2. The van der Waals surface area contributed by atoms with Crippen molar-refractivity contribution in [2.45, 2.75) is 13.5 Å². The van der Waals surface area contributed by atoms with E-state index in [9.17, 15) is 4.79 Å². The van der Waals surface area contributed by atoms with Crippen molar-refractivity contribution in [3.05, 3.63) is 58.8 Å². The zero-order valence-electron chi connectivity index (χ0n) is 12.8. The molecule has 2 heterocycles. The first-order valence-electron chi connectivity index (χ1n) is 7.10. The third kappa shape index (κ3) is 3.27. The van der Waals surface area contributed by atoms with Crippen molar-refractivity contribution in [3.63, 3.8) is 0 Å². The number of carbonyl (C=O) groups is 1. The van der Waals surface area contributed by atoms with Crippen molar-refractivity contribution in [2.75, 3.05) is 7.11 Å². The number of hydrogen-bond donors (Lipinski definition) is 1. The molecule has 0 fully saturated rings. The molecule has 0 aliphatic rings. The summed E-state index contributed by atoms with van der Waals surface area (Å²) in [7, 11) is 1.55. The van der Waals surface area contributed by atoms with Gasteiger partial charge in [-0.05, 0) is 31.2 Å². The summed E-state index contributed by atoms with van der Waals surface area (Å²) in [6.07, 6.45) is 1.62. The van der Waals surface area contributed by atoms with Gasteiger partial charge >= 0.3 is 0 Å². The topological polar surface area (TPSA) is 64.4 Å². The lowest BCUT2D eigenvalue weighted by Gasteiger charge is -2.08. The molecule has 1 amide bonds. The third-order valence-corrected chi connectivity index (χ3v) is 4.56. The molecule has 118 valence electrons. The number of nitrogens with zero attached hydrogens (tertiary/aromatic N) is 1. The fraction of sp³-hybridized carbons (Fsp3) is 0.176. The molecule has 0 unspecified atom stereocenters. The van der Waals surface area contributed by atoms with E-state index in [1.54, 1.807) is 25.5 Å². The van der Waals surface area contributed by atoms with Gasteiger partial charge in [-0.3, -0.25) is 4.79 Å². The quantitative estimate of drug-likeness (QED) is 0.776. The first-order valence-corrected chi connectivity index (χ1v) is 7.92. The summed E-state index contributed by atoms with van der Waals surface area (Å²) in [4.78, 5) is 17.8. The molecular formula is C17H16N2O3S. The van der Waals surface area contributed by atoms with Crippen LogP contribution in [0.1, 0.15) is 20.9 Å². The predicted octanol–water partition coefficient (Wildman–Crippen LogP) is 3.65. The van der Waals surface area contributed by atoms with Crippen LogP contribution in [0.2, 0.25) is 0 Å². The number of hydrogen-bond acceptors (Lipinski definition) is 5. The van der Waals surface area contributed by atoms with E-state index < -0.39 is 0 Å². The Balaban J connectivity index is 1.72. The minimum absolute atomic E-state index is 0.171. The number of carbonyl (C=O) groups excluding carboxylic acids is 1. The zero-order chi connectivity index (χ0) is 16.2. The monoisotopic (exact) mass is 328 g/mol. The minimum atomic E-state index is -0.171. The number of aromatic nitrogens is 1. The lowest BCUT2D eigenvalue weighted by Crippen LogP contribution is -2.23. The molecule has 0 spiro atoms. The van der Waals surface area contributed by atoms with E-state index in [0.717, 1.165) is 21.3 Å². The summed E-state index contributed by atoms with van der Waals surface area (Å²) < 4.78 is 10.6. The molecule has 1 aromatic carbocycles. The number of benzene rings is 1. The van der Waals surface area contributed by atoms with Crippen molar-refractivity contribution in [2.24, 2.45) is 0 Å².